The molecule has 0 fully saturated rings. The predicted octanol–water partition coefficient (Wildman–Crippen LogP) is 5.09. The fourth-order valence-electron chi connectivity index (χ4n) is 2.64. The number of hydrogen-bond acceptors (Lipinski definition) is 3. The zero-order valence-electron chi connectivity index (χ0n) is 15.9. The molecule has 0 aliphatic heterocycles. The van der Waals surface area contributed by atoms with Crippen LogP contribution in [0.3, 0.4) is 0 Å². The maximum atomic E-state index is 12.0. The van der Waals surface area contributed by atoms with E-state index in [-0.39, 0.29) is 5.91 Å². The molecular weight excluding hydrogens is 356 g/mol. The van der Waals surface area contributed by atoms with Gasteiger partial charge < -0.3 is 15.4 Å². The molecule has 2 rings (SSSR count). The summed E-state index contributed by atoms with van der Waals surface area (Å²) >= 11 is 5.24. The number of hydrogen-bond donors (Lipinski definition) is 2. The van der Waals surface area contributed by atoms with Crippen molar-refractivity contribution in [3.8, 4) is 5.75 Å². The van der Waals surface area contributed by atoms with Gasteiger partial charge in [-0.2, -0.15) is 0 Å². The van der Waals surface area contributed by atoms with Gasteiger partial charge in [0.2, 0.25) is 5.91 Å². The molecule has 0 aliphatic rings. The fourth-order valence-corrected chi connectivity index (χ4v) is 2.87. The van der Waals surface area contributed by atoms with Crippen LogP contribution in [0.15, 0.2) is 54.6 Å². The number of benzene rings is 2. The first kappa shape index (κ1) is 20.9. The van der Waals surface area contributed by atoms with Crippen LogP contribution in [0.5, 0.6) is 5.75 Å². The highest BCUT2D eigenvalue weighted by molar-refractivity contribution is 7.80. The van der Waals surface area contributed by atoms with Crippen LogP contribution in [-0.4, -0.2) is 17.6 Å². The number of unbranched alkanes of at least 4 members (excludes halogenated alkanes) is 3. The maximum absolute atomic E-state index is 12.0. The molecule has 0 radical (unpaired) electrons. The van der Waals surface area contributed by atoms with Crippen molar-refractivity contribution in [1.29, 1.82) is 0 Å². The largest absolute Gasteiger partial charge is 0.494 e. The van der Waals surface area contributed by atoms with Crippen LogP contribution >= 0.6 is 12.2 Å². The summed E-state index contributed by atoms with van der Waals surface area (Å²) in [5, 5.41) is 6.07. The molecule has 2 N–H and O–H groups in total. The van der Waals surface area contributed by atoms with Gasteiger partial charge in [-0.25, -0.2) is 0 Å². The Morgan fingerprint density at radius 1 is 1.04 bits per heavy atom. The molecule has 0 saturated heterocycles. The van der Waals surface area contributed by atoms with Crippen molar-refractivity contribution in [1.82, 2.24) is 5.32 Å². The smallest absolute Gasteiger partial charge is 0.226 e. The van der Waals surface area contributed by atoms with Gasteiger partial charge in [0.25, 0.3) is 0 Å². The maximum Gasteiger partial charge on any atom is 0.226 e. The van der Waals surface area contributed by atoms with E-state index in [1.54, 1.807) is 0 Å². The van der Waals surface area contributed by atoms with E-state index in [0.717, 1.165) is 23.4 Å². The van der Waals surface area contributed by atoms with Crippen LogP contribution in [0.25, 0.3) is 0 Å². The lowest BCUT2D eigenvalue weighted by atomic mass is 10.1. The summed E-state index contributed by atoms with van der Waals surface area (Å²) in [6.45, 7) is 2.91. The molecular formula is C22H28N2O2S. The average molecular weight is 385 g/mol. The Labute approximate surface area is 167 Å². The van der Waals surface area contributed by atoms with Gasteiger partial charge in [-0.3, -0.25) is 4.79 Å². The van der Waals surface area contributed by atoms with Gasteiger partial charge in [0.15, 0.2) is 5.11 Å². The minimum Gasteiger partial charge on any atom is -0.494 e. The Hall–Kier alpha value is -2.40. The Kier molecular flexibility index (Phi) is 9.35. The van der Waals surface area contributed by atoms with Gasteiger partial charge in [-0.05, 0) is 42.8 Å². The number of anilines is 1. The molecule has 0 aromatic heterocycles. The molecule has 0 atom stereocenters. The Morgan fingerprint density at radius 2 is 1.85 bits per heavy atom. The lowest BCUT2D eigenvalue weighted by molar-refractivity contribution is -0.119. The Bertz CT molecular complexity index is 719. The fraction of sp³-hybridized carbons (Fsp3) is 0.364. The van der Waals surface area contributed by atoms with E-state index < -0.39 is 0 Å². The first-order valence-electron chi connectivity index (χ1n) is 9.55. The number of aryl methyl sites for hydroxylation is 1. The van der Waals surface area contributed by atoms with E-state index in [9.17, 15) is 4.79 Å². The van der Waals surface area contributed by atoms with Crippen molar-refractivity contribution in [3.05, 3.63) is 60.2 Å². The van der Waals surface area contributed by atoms with Crippen LogP contribution in [0, 0.1) is 0 Å². The molecule has 0 spiro atoms. The van der Waals surface area contributed by atoms with E-state index in [1.165, 1.54) is 19.3 Å². The van der Waals surface area contributed by atoms with Crippen LogP contribution in [0.2, 0.25) is 0 Å². The molecule has 144 valence electrons. The summed E-state index contributed by atoms with van der Waals surface area (Å²) in [7, 11) is 0. The predicted molar refractivity (Wildman–Crippen MR) is 115 cm³/mol. The SMILES string of the molecule is CCCCCCOc1cccc(NC(=S)NC(=O)CCc2ccccc2)c1. The third-order valence-corrected chi connectivity index (χ3v) is 4.30. The Balaban J connectivity index is 1.72. The van der Waals surface area contributed by atoms with Crippen LogP contribution in [0.1, 0.15) is 44.6 Å². The highest BCUT2D eigenvalue weighted by atomic mass is 32.1. The van der Waals surface area contributed by atoms with Gasteiger partial charge >= 0.3 is 0 Å². The van der Waals surface area contributed by atoms with Crippen molar-refractivity contribution in [3.63, 3.8) is 0 Å². The lowest BCUT2D eigenvalue weighted by Gasteiger charge is -2.11. The number of ether oxygens (including phenoxy) is 1. The summed E-state index contributed by atoms with van der Waals surface area (Å²) < 4.78 is 5.77. The van der Waals surface area contributed by atoms with Crippen molar-refractivity contribution in [2.45, 2.75) is 45.4 Å². The molecule has 0 saturated carbocycles. The number of thiocarbonyl (C=S) groups is 1. The number of carbonyl (C=O) groups excluding carboxylic acids is 1. The van der Waals surface area contributed by atoms with Gasteiger partial charge in [0, 0.05) is 18.2 Å². The summed E-state index contributed by atoms with van der Waals surface area (Å²) in [6.07, 6.45) is 5.79. The van der Waals surface area contributed by atoms with Crippen molar-refractivity contribution >= 4 is 28.9 Å². The quantitative estimate of drug-likeness (QED) is 0.442. The zero-order valence-corrected chi connectivity index (χ0v) is 16.7. The van der Waals surface area contributed by atoms with Crippen LogP contribution < -0.4 is 15.4 Å². The van der Waals surface area contributed by atoms with Gasteiger partial charge in [0.1, 0.15) is 5.75 Å². The van der Waals surface area contributed by atoms with E-state index in [2.05, 4.69) is 17.6 Å². The van der Waals surface area contributed by atoms with Crippen LogP contribution in [0.4, 0.5) is 5.69 Å². The molecule has 0 unspecified atom stereocenters. The third kappa shape index (κ3) is 8.69. The van der Waals surface area contributed by atoms with E-state index in [0.29, 0.717) is 24.6 Å². The van der Waals surface area contributed by atoms with Gasteiger partial charge in [0.05, 0.1) is 6.61 Å². The summed E-state index contributed by atoms with van der Waals surface area (Å²) in [5.74, 6) is 0.703. The molecule has 2 aromatic rings. The highest BCUT2D eigenvalue weighted by Gasteiger charge is 2.06. The zero-order chi connectivity index (χ0) is 19.3. The monoisotopic (exact) mass is 384 g/mol. The molecule has 2 aromatic carbocycles. The lowest BCUT2D eigenvalue weighted by Crippen LogP contribution is -2.34. The second-order valence-corrected chi connectivity index (χ2v) is 6.83. The van der Waals surface area contributed by atoms with E-state index in [1.807, 2.05) is 54.6 Å². The highest BCUT2D eigenvalue weighted by Crippen LogP contribution is 2.18. The molecule has 5 heteroatoms. The third-order valence-electron chi connectivity index (χ3n) is 4.10. The van der Waals surface area contributed by atoms with Crippen molar-refractivity contribution in [2.75, 3.05) is 11.9 Å². The van der Waals surface area contributed by atoms with E-state index >= 15 is 0 Å². The second kappa shape index (κ2) is 12.1. The summed E-state index contributed by atoms with van der Waals surface area (Å²) in [5.41, 5.74) is 1.93. The first-order chi connectivity index (χ1) is 13.2. The molecule has 4 nitrogen and oxygen atoms in total. The average Bonchev–Trinajstić information content (AvgIpc) is 2.67. The minimum absolute atomic E-state index is 0.0975. The van der Waals surface area contributed by atoms with Gasteiger partial charge in [-0.1, -0.05) is 62.6 Å². The molecule has 0 aliphatic carbocycles. The van der Waals surface area contributed by atoms with Gasteiger partial charge in [-0.15, -0.1) is 0 Å². The van der Waals surface area contributed by atoms with Crippen molar-refractivity contribution in [2.24, 2.45) is 0 Å². The van der Waals surface area contributed by atoms with Crippen LogP contribution in [-0.2, 0) is 11.2 Å². The summed E-state index contributed by atoms with van der Waals surface area (Å²) in [6, 6.07) is 17.5. The number of rotatable bonds is 10. The molecule has 27 heavy (non-hydrogen) atoms. The molecule has 0 heterocycles. The van der Waals surface area contributed by atoms with Crippen molar-refractivity contribution < 1.29 is 9.53 Å². The topological polar surface area (TPSA) is 50.4 Å². The number of amides is 1. The first-order valence-corrected chi connectivity index (χ1v) is 9.96. The minimum atomic E-state index is -0.0975. The molecule has 1 amide bonds. The number of carbonyl (C=O) groups is 1. The summed E-state index contributed by atoms with van der Waals surface area (Å²) in [4.78, 5) is 12.0. The standard InChI is InChI=1S/C22H28N2O2S/c1-2-3-4-8-16-26-20-13-9-12-19(17-20)23-22(27)24-21(25)15-14-18-10-6-5-7-11-18/h5-7,9-13,17H,2-4,8,14-16H2,1H3,(H2,23,24,25,27). The Morgan fingerprint density at radius 3 is 2.63 bits per heavy atom. The van der Waals surface area contributed by atoms with E-state index in [4.69, 9.17) is 17.0 Å². The normalized spacial score (nSPS) is 10.3. The molecule has 0 bridgehead atoms. The second-order valence-electron chi connectivity index (χ2n) is 6.42. The number of nitrogens with one attached hydrogen (secondary N) is 2.